The number of ether oxygens (including phenoxy) is 1. The molecular weight excluding hydrogens is 178 g/mol. The molecule has 0 aromatic rings. The molecule has 0 aromatic heterocycles. The normalized spacial score (nSPS) is 9.64. The summed E-state index contributed by atoms with van der Waals surface area (Å²) in [6, 6.07) is 0. The van der Waals surface area contributed by atoms with Gasteiger partial charge in [0.25, 0.3) is 0 Å². The van der Waals surface area contributed by atoms with Crippen LogP contribution in [-0.2, 0) is 9.53 Å². The summed E-state index contributed by atoms with van der Waals surface area (Å²) in [5.41, 5.74) is 1.31. The summed E-state index contributed by atoms with van der Waals surface area (Å²) in [5.74, 6) is -0.100. The van der Waals surface area contributed by atoms with Crippen LogP contribution in [0.2, 0.25) is 0 Å². The number of carbonyl (C=O) groups is 1. The van der Waals surface area contributed by atoms with E-state index in [1.54, 1.807) is 0 Å². The molecule has 3 heteroatoms. The van der Waals surface area contributed by atoms with Crippen molar-refractivity contribution >= 4 is 5.97 Å². The van der Waals surface area contributed by atoms with Crippen molar-refractivity contribution in [3.05, 3.63) is 11.6 Å². The van der Waals surface area contributed by atoms with Gasteiger partial charge in [0.15, 0.2) is 0 Å². The maximum Gasteiger partial charge on any atom is 0.305 e. The Kier molecular flexibility index (Phi) is 8.24. The third kappa shape index (κ3) is 9.26. The zero-order valence-electron chi connectivity index (χ0n) is 9.43. The van der Waals surface area contributed by atoms with Gasteiger partial charge in [0.1, 0.15) is 0 Å². The highest BCUT2D eigenvalue weighted by Gasteiger charge is 1.99. The van der Waals surface area contributed by atoms with Crippen molar-refractivity contribution in [3.8, 4) is 0 Å². The number of carbonyl (C=O) groups excluding carboxylic acids is 1. The number of allylic oxidation sites excluding steroid dienone is 1. The van der Waals surface area contributed by atoms with E-state index < -0.39 is 0 Å². The Bertz CT molecular complexity index is 184. The highest BCUT2D eigenvalue weighted by Crippen LogP contribution is 1.91. The zero-order valence-corrected chi connectivity index (χ0v) is 9.43. The average molecular weight is 199 g/mol. The number of esters is 1. The Labute approximate surface area is 86.5 Å². The molecule has 0 aliphatic rings. The second kappa shape index (κ2) is 8.75. The maximum absolute atomic E-state index is 10.9. The maximum atomic E-state index is 10.9. The van der Waals surface area contributed by atoms with Crippen molar-refractivity contribution in [2.24, 2.45) is 0 Å². The van der Waals surface area contributed by atoms with Crippen molar-refractivity contribution in [1.82, 2.24) is 5.32 Å². The van der Waals surface area contributed by atoms with Gasteiger partial charge in [-0.3, -0.25) is 4.79 Å². The van der Waals surface area contributed by atoms with E-state index >= 15 is 0 Å². The van der Waals surface area contributed by atoms with Gasteiger partial charge >= 0.3 is 5.97 Å². The molecule has 0 rings (SSSR count). The van der Waals surface area contributed by atoms with Crippen molar-refractivity contribution < 1.29 is 9.53 Å². The first-order valence-corrected chi connectivity index (χ1v) is 5.16. The second-order valence-corrected chi connectivity index (χ2v) is 3.39. The van der Waals surface area contributed by atoms with Gasteiger partial charge in [0.2, 0.25) is 0 Å². The standard InChI is InChI=1S/C11H21NO2/c1-4-14-11(13)6-5-8-12-9-7-10(2)3/h7,12H,4-6,8-9H2,1-3H3. The van der Waals surface area contributed by atoms with E-state index in [9.17, 15) is 4.79 Å². The van der Waals surface area contributed by atoms with E-state index in [1.807, 2.05) is 6.92 Å². The fraction of sp³-hybridized carbons (Fsp3) is 0.727. The molecule has 0 saturated heterocycles. The topological polar surface area (TPSA) is 38.3 Å². The Morgan fingerprint density at radius 1 is 1.43 bits per heavy atom. The van der Waals surface area contributed by atoms with Gasteiger partial charge in [0, 0.05) is 13.0 Å². The molecule has 0 unspecified atom stereocenters. The van der Waals surface area contributed by atoms with Gasteiger partial charge in [-0.2, -0.15) is 0 Å². The minimum Gasteiger partial charge on any atom is -0.466 e. The molecule has 0 amide bonds. The smallest absolute Gasteiger partial charge is 0.305 e. The van der Waals surface area contributed by atoms with E-state index in [2.05, 4.69) is 25.2 Å². The quantitative estimate of drug-likeness (QED) is 0.386. The zero-order chi connectivity index (χ0) is 10.8. The van der Waals surface area contributed by atoms with E-state index in [1.165, 1.54) is 5.57 Å². The van der Waals surface area contributed by atoms with Crippen molar-refractivity contribution in [2.45, 2.75) is 33.6 Å². The lowest BCUT2D eigenvalue weighted by molar-refractivity contribution is -0.143. The predicted molar refractivity (Wildman–Crippen MR) is 58.2 cm³/mol. The molecule has 0 bridgehead atoms. The molecule has 1 N–H and O–H groups in total. The summed E-state index contributed by atoms with van der Waals surface area (Å²) in [5, 5.41) is 3.23. The SMILES string of the molecule is CCOC(=O)CCCNCC=C(C)C. The highest BCUT2D eigenvalue weighted by molar-refractivity contribution is 5.69. The monoisotopic (exact) mass is 199 g/mol. The Hall–Kier alpha value is -0.830. The van der Waals surface area contributed by atoms with Gasteiger partial charge in [-0.15, -0.1) is 0 Å². The Morgan fingerprint density at radius 3 is 2.71 bits per heavy atom. The van der Waals surface area contributed by atoms with Crippen molar-refractivity contribution in [2.75, 3.05) is 19.7 Å². The van der Waals surface area contributed by atoms with Crippen LogP contribution >= 0.6 is 0 Å². The fourth-order valence-corrected chi connectivity index (χ4v) is 0.969. The first-order valence-electron chi connectivity index (χ1n) is 5.16. The van der Waals surface area contributed by atoms with Crippen LogP contribution in [-0.4, -0.2) is 25.7 Å². The van der Waals surface area contributed by atoms with Crippen LogP contribution in [0.4, 0.5) is 0 Å². The van der Waals surface area contributed by atoms with E-state index in [0.717, 1.165) is 19.5 Å². The lowest BCUT2D eigenvalue weighted by atomic mass is 10.3. The number of nitrogens with one attached hydrogen (secondary N) is 1. The van der Waals surface area contributed by atoms with E-state index in [-0.39, 0.29) is 5.97 Å². The molecule has 0 atom stereocenters. The lowest BCUT2D eigenvalue weighted by Crippen LogP contribution is -2.16. The van der Waals surface area contributed by atoms with Gasteiger partial charge in [-0.05, 0) is 33.7 Å². The number of hydrogen-bond donors (Lipinski definition) is 1. The van der Waals surface area contributed by atoms with Gasteiger partial charge < -0.3 is 10.1 Å². The molecule has 0 spiro atoms. The van der Waals surface area contributed by atoms with Gasteiger partial charge in [0.05, 0.1) is 6.61 Å². The average Bonchev–Trinajstić information content (AvgIpc) is 2.11. The Balaban J connectivity index is 3.21. The molecule has 0 saturated carbocycles. The molecule has 3 nitrogen and oxygen atoms in total. The van der Waals surface area contributed by atoms with Gasteiger partial charge in [-0.1, -0.05) is 11.6 Å². The molecule has 0 aliphatic heterocycles. The van der Waals surface area contributed by atoms with Crippen LogP contribution in [0.15, 0.2) is 11.6 Å². The third-order valence-electron chi connectivity index (χ3n) is 1.69. The number of hydrogen-bond acceptors (Lipinski definition) is 3. The van der Waals surface area contributed by atoms with Crippen LogP contribution in [0.1, 0.15) is 33.6 Å². The minimum absolute atomic E-state index is 0.100. The molecule has 14 heavy (non-hydrogen) atoms. The summed E-state index contributed by atoms with van der Waals surface area (Å²) in [6.07, 6.45) is 3.48. The van der Waals surface area contributed by atoms with E-state index in [0.29, 0.717) is 13.0 Å². The Morgan fingerprint density at radius 2 is 2.14 bits per heavy atom. The summed E-state index contributed by atoms with van der Waals surface area (Å²) < 4.78 is 4.81. The third-order valence-corrected chi connectivity index (χ3v) is 1.69. The molecule has 0 radical (unpaired) electrons. The molecule has 0 fully saturated rings. The predicted octanol–water partition coefficient (Wildman–Crippen LogP) is 1.89. The fourth-order valence-electron chi connectivity index (χ4n) is 0.969. The summed E-state index contributed by atoms with van der Waals surface area (Å²) >= 11 is 0. The minimum atomic E-state index is -0.100. The molecule has 0 heterocycles. The van der Waals surface area contributed by atoms with Gasteiger partial charge in [-0.25, -0.2) is 0 Å². The van der Waals surface area contributed by atoms with Crippen molar-refractivity contribution in [1.29, 1.82) is 0 Å². The second-order valence-electron chi connectivity index (χ2n) is 3.39. The lowest BCUT2D eigenvalue weighted by Gasteiger charge is -2.02. The molecule has 0 aromatic carbocycles. The highest BCUT2D eigenvalue weighted by atomic mass is 16.5. The van der Waals surface area contributed by atoms with Crippen molar-refractivity contribution in [3.63, 3.8) is 0 Å². The summed E-state index contributed by atoms with van der Waals surface area (Å²) in [7, 11) is 0. The van der Waals surface area contributed by atoms with Crippen LogP contribution < -0.4 is 5.32 Å². The molecule has 0 aliphatic carbocycles. The van der Waals surface area contributed by atoms with Crippen LogP contribution in [0.25, 0.3) is 0 Å². The van der Waals surface area contributed by atoms with Crippen LogP contribution in [0, 0.1) is 0 Å². The van der Waals surface area contributed by atoms with Crippen LogP contribution in [0.3, 0.4) is 0 Å². The molecular formula is C11H21NO2. The largest absolute Gasteiger partial charge is 0.466 e. The van der Waals surface area contributed by atoms with E-state index in [4.69, 9.17) is 4.74 Å². The molecule has 82 valence electrons. The summed E-state index contributed by atoms with van der Waals surface area (Å²) in [6.45, 7) is 8.18. The first kappa shape index (κ1) is 13.2. The summed E-state index contributed by atoms with van der Waals surface area (Å²) in [4.78, 5) is 10.9. The van der Waals surface area contributed by atoms with Crippen LogP contribution in [0.5, 0.6) is 0 Å². The number of rotatable bonds is 7. The first-order chi connectivity index (χ1) is 6.66.